The number of likely N-dealkylation sites (N-methyl/N-ethyl adjacent to an activating group) is 2. The van der Waals surface area contributed by atoms with Gasteiger partial charge in [-0.1, -0.05) is 18.2 Å². The van der Waals surface area contributed by atoms with Crippen molar-refractivity contribution in [2.24, 2.45) is 0 Å². The normalized spacial score (nSPS) is 12.6. The first-order valence-corrected chi connectivity index (χ1v) is 6.23. The van der Waals surface area contributed by atoms with Gasteiger partial charge in [0.1, 0.15) is 6.04 Å². The van der Waals surface area contributed by atoms with Crippen LogP contribution in [0.4, 0.5) is 5.69 Å². The van der Waals surface area contributed by atoms with E-state index in [1.165, 1.54) is 0 Å². The smallest absolute Gasteiger partial charge is 0.322 e. The maximum absolute atomic E-state index is 11.1. The molecule has 2 aromatic rings. The standard InChI is InChI=1S/C14H19N3O2/c1-9-13(10-6-4-5-7-11(10)16-9)17(3)8-12(15-2)14(18)19/h4-7,12,15-16H,8H2,1-3H3,(H,18,19). The van der Waals surface area contributed by atoms with E-state index in [0.717, 1.165) is 22.3 Å². The Hall–Kier alpha value is -2.01. The number of anilines is 1. The summed E-state index contributed by atoms with van der Waals surface area (Å²) < 4.78 is 0. The van der Waals surface area contributed by atoms with Crippen molar-refractivity contribution >= 4 is 22.6 Å². The van der Waals surface area contributed by atoms with Crippen LogP contribution in [0.15, 0.2) is 24.3 Å². The van der Waals surface area contributed by atoms with Crippen molar-refractivity contribution in [2.75, 3.05) is 25.5 Å². The summed E-state index contributed by atoms with van der Waals surface area (Å²) in [5, 5.41) is 13.0. The van der Waals surface area contributed by atoms with Crippen molar-refractivity contribution in [3.63, 3.8) is 0 Å². The van der Waals surface area contributed by atoms with Crippen molar-refractivity contribution in [1.82, 2.24) is 10.3 Å². The molecule has 0 aliphatic carbocycles. The molecule has 0 spiro atoms. The van der Waals surface area contributed by atoms with Gasteiger partial charge >= 0.3 is 5.97 Å². The highest BCUT2D eigenvalue weighted by atomic mass is 16.4. The molecule has 5 heteroatoms. The summed E-state index contributed by atoms with van der Waals surface area (Å²) in [7, 11) is 3.57. The van der Waals surface area contributed by atoms with Gasteiger partial charge in [-0.15, -0.1) is 0 Å². The van der Waals surface area contributed by atoms with Crippen LogP contribution in [-0.2, 0) is 4.79 Å². The molecule has 1 heterocycles. The van der Waals surface area contributed by atoms with Crippen molar-refractivity contribution in [3.05, 3.63) is 30.0 Å². The first-order chi connectivity index (χ1) is 9.04. The molecule has 19 heavy (non-hydrogen) atoms. The van der Waals surface area contributed by atoms with Gasteiger partial charge in [0.05, 0.1) is 5.69 Å². The number of aryl methyl sites for hydroxylation is 1. The number of aromatic amines is 1. The van der Waals surface area contributed by atoms with E-state index in [1.807, 2.05) is 43.1 Å². The van der Waals surface area contributed by atoms with Crippen molar-refractivity contribution < 1.29 is 9.90 Å². The first-order valence-electron chi connectivity index (χ1n) is 6.23. The summed E-state index contributed by atoms with van der Waals surface area (Å²) in [5.41, 5.74) is 3.17. The fourth-order valence-corrected chi connectivity index (χ4v) is 2.41. The summed E-state index contributed by atoms with van der Waals surface area (Å²) in [6.45, 7) is 2.41. The predicted octanol–water partition coefficient (Wildman–Crippen LogP) is 1.59. The SMILES string of the molecule is CNC(CN(C)c1c(C)[nH]c2ccccc12)C(=O)O. The molecule has 1 unspecified atom stereocenters. The van der Waals surface area contributed by atoms with Crippen LogP contribution in [0.3, 0.4) is 0 Å². The van der Waals surface area contributed by atoms with Gasteiger partial charge < -0.3 is 20.3 Å². The Morgan fingerprint density at radius 3 is 2.79 bits per heavy atom. The largest absolute Gasteiger partial charge is 0.480 e. The summed E-state index contributed by atoms with van der Waals surface area (Å²) in [6.07, 6.45) is 0. The van der Waals surface area contributed by atoms with Crippen LogP contribution in [0.1, 0.15) is 5.69 Å². The molecular weight excluding hydrogens is 242 g/mol. The zero-order valence-corrected chi connectivity index (χ0v) is 11.4. The van der Waals surface area contributed by atoms with Crippen LogP contribution in [0.5, 0.6) is 0 Å². The Morgan fingerprint density at radius 2 is 2.16 bits per heavy atom. The second-order valence-corrected chi connectivity index (χ2v) is 4.70. The molecule has 0 fully saturated rings. The fraction of sp³-hybridized carbons (Fsp3) is 0.357. The molecule has 0 saturated heterocycles. The zero-order valence-electron chi connectivity index (χ0n) is 11.4. The van der Waals surface area contributed by atoms with Crippen molar-refractivity contribution in [3.8, 4) is 0 Å². The highest BCUT2D eigenvalue weighted by Gasteiger charge is 2.20. The highest BCUT2D eigenvalue weighted by molar-refractivity contribution is 5.94. The number of carbonyl (C=O) groups is 1. The molecule has 0 radical (unpaired) electrons. The van der Waals surface area contributed by atoms with Crippen molar-refractivity contribution in [2.45, 2.75) is 13.0 Å². The lowest BCUT2D eigenvalue weighted by Crippen LogP contribution is -2.43. The molecule has 1 atom stereocenters. The Morgan fingerprint density at radius 1 is 1.47 bits per heavy atom. The molecule has 0 bridgehead atoms. The maximum Gasteiger partial charge on any atom is 0.322 e. The van der Waals surface area contributed by atoms with Crippen LogP contribution in [0.25, 0.3) is 10.9 Å². The average molecular weight is 261 g/mol. The number of para-hydroxylation sites is 1. The van der Waals surface area contributed by atoms with E-state index in [0.29, 0.717) is 6.54 Å². The Bertz CT molecular complexity index is 591. The minimum Gasteiger partial charge on any atom is -0.480 e. The van der Waals surface area contributed by atoms with Crippen LogP contribution in [0.2, 0.25) is 0 Å². The molecule has 0 aliphatic rings. The van der Waals surface area contributed by atoms with E-state index >= 15 is 0 Å². The minimum absolute atomic E-state index is 0.411. The fourth-order valence-electron chi connectivity index (χ4n) is 2.41. The maximum atomic E-state index is 11.1. The molecule has 3 N–H and O–H groups in total. The van der Waals surface area contributed by atoms with Gasteiger partial charge in [0.25, 0.3) is 0 Å². The number of H-pyrrole nitrogens is 1. The van der Waals surface area contributed by atoms with Crippen LogP contribution in [0, 0.1) is 6.92 Å². The lowest BCUT2D eigenvalue weighted by atomic mass is 10.2. The van der Waals surface area contributed by atoms with Gasteiger partial charge in [0, 0.05) is 30.2 Å². The number of aromatic nitrogens is 1. The van der Waals surface area contributed by atoms with E-state index in [4.69, 9.17) is 5.11 Å². The first kappa shape index (κ1) is 13.4. The summed E-state index contributed by atoms with van der Waals surface area (Å²) in [4.78, 5) is 16.4. The number of nitrogens with zero attached hydrogens (tertiary/aromatic N) is 1. The lowest BCUT2D eigenvalue weighted by molar-refractivity contribution is -0.139. The third-order valence-corrected chi connectivity index (χ3v) is 3.34. The molecule has 1 aromatic carbocycles. The average Bonchev–Trinajstić information content (AvgIpc) is 2.71. The molecular formula is C14H19N3O2. The quantitative estimate of drug-likeness (QED) is 0.764. The second kappa shape index (κ2) is 5.32. The summed E-state index contributed by atoms with van der Waals surface area (Å²) in [5.74, 6) is -0.841. The van der Waals surface area contributed by atoms with E-state index in [1.54, 1.807) is 7.05 Å². The molecule has 2 rings (SSSR count). The molecule has 0 aliphatic heterocycles. The van der Waals surface area contributed by atoms with E-state index in [-0.39, 0.29) is 0 Å². The number of hydrogen-bond donors (Lipinski definition) is 3. The monoisotopic (exact) mass is 261 g/mol. The predicted molar refractivity (Wildman–Crippen MR) is 76.8 cm³/mol. The number of rotatable bonds is 5. The molecule has 5 nitrogen and oxygen atoms in total. The number of carboxylic acid groups (broad SMARTS) is 1. The van der Waals surface area contributed by atoms with E-state index in [9.17, 15) is 4.79 Å². The number of aliphatic carboxylic acids is 1. The third kappa shape index (κ3) is 2.56. The molecule has 1 aromatic heterocycles. The number of hydrogen-bond acceptors (Lipinski definition) is 3. The van der Waals surface area contributed by atoms with Crippen LogP contribution >= 0.6 is 0 Å². The number of fused-ring (bicyclic) bond motifs is 1. The van der Waals surface area contributed by atoms with Crippen molar-refractivity contribution in [1.29, 1.82) is 0 Å². The van der Waals surface area contributed by atoms with Gasteiger partial charge in [-0.3, -0.25) is 4.79 Å². The Balaban J connectivity index is 2.33. The lowest BCUT2D eigenvalue weighted by Gasteiger charge is -2.23. The van der Waals surface area contributed by atoms with Gasteiger partial charge in [-0.25, -0.2) is 0 Å². The van der Waals surface area contributed by atoms with Crippen LogP contribution in [-0.4, -0.2) is 42.7 Å². The van der Waals surface area contributed by atoms with E-state index < -0.39 is 12.0 Å². The third-order valence-electron chi connectivity index (χ3n) is 3.34. The Labute approximate surface area is 112 Å². The van der Waals surface area contributed by atoms with Crippen LogP contribution < -0.4 is 10.2 Å². The second-order valence-electron chi connectivity index (χ2n) is 4.70. The molecule has 0 saturated carbocycles. The van der Waals surface area contributed by atoms with Gasteiger partial charge in [0.2, 0.25) is 0 Å². The summed E-state index contributed by atoms with van der Waals surface area (Å²) in [6, 6.07) is 7.44. The number of carboxylic acids is 1. The molecule has 102 valence electrons. The topological polar surface area (TPSA) is 68.4 Å². The summed E-state index contributed by atoms with van der Waals surface area (Å²) >= 11 is 0. The van der Waals surface area contributed by atoms with Gasteiger partial charge in [-0.05, 0) is 20.0 Å². The minimum atomic E-state index is -0.841. The zero-order chi connectivity index (χ0) is 14.0. The van der Waals surface area contributed by atoms with Gasteiger partial charge in [0.15, 0.2) is 0 Å². The Kier molecular flexibility index (Phi) is 3.76. The van der Waals surface area contributed by atoms with E-state index in [2.05, 4.69) is 10.3 Å². The van der Waals surface area contributed by atoms with Gasteiger partial charge in [-0.2, -0.15) is 0 Å². The number of benzene rings is 1. The molecule has 0 amide bonds. The highest BCUT2D eigenvalue weighted by Crippen LogP contribution is 2.29. The number of nitrogens with one attached hydrogen (secondary N) is 2.